The highest BCUT2D eigenvalue weighted by Gasteiger charge is 2.27. The molecule has 0 radical (unpaired) electrons. The second-order valence-electron chi connectivity index (χ2n) is 5.13. The zero-order valence-corrected chi connectivity index (χ0v) is 12.8. The number of carbonyl (C=O) groups excluding carboxylic acids is 1. The second-order valence-corrected chi connectivity index (χ2v) is 5.69. The number of alkyl halides is 1. The molecule has 0 saturated heterocycles. The fourth-order valence-corrected chi connectivity index (χ4v) is 1.97. The first-order chi connectivity index (χ1) is 7.79. The molecule has 0 spiro atoms. The molecule has 0 N–H and O–H groups in total. The summed E-state index contributed by atoms with van der Waals surface area (Å²) in [4.78, 5) is 14.2. The van der Waals surface area contributed by atoms with Crippen molar-refractivity contribution in [1.29, 1.82) is 0 Å². The normalized spacial score (nSPS) is 11.4. The van der Waals surface area contributed by atoms with E-state index in [1.54, 1.807) is 4.90 Å². The smallest absolute Gasteiger partial charge is 0.254 e. The average molecular weight is 298 g/mol. The van der Waals surface area contributed by atoms with Crippen LogP contribution in [0.3, 0.4) is 0 Å². The molecule has 0 atom stereocenters. The minimum atomic E-state index is -0.186. The van der Waals surface area contributed by atoms with Crippen LogP contribution < -0.4 is 0 Å². The van der Waals surface area contributed by atoms with E-state index in [2.05, 4.69) is 15.9 Å². The lowest BCUT2D eigenvalue weighted by molar-refractivity contribution is 0.0663. The van der Waals surface area contributed by atoms with Crippen LogP contribution in [0, 0.1) is 13.8 Å². The van der Waals surface area contributed by atoms with Crippen molar-refractivity contribution in [3.63, 3.8) is 0 Å². The Labute approximate surface area is 112 Å². The van der Waals surface area contributed by atoms with Gasteiger partial charge in [-0.2, -0.15) is 0 Å². The number of benzene rings is 1. The molecule has 0 unspecified atom stereocenters. The van der Waals surface area contributed by atoms with E-state index in [1.165, 1.54) is 5.56 Å². The van der Waals surface area contributed by atoms with Gasteiger partial charge in [0.15, 0.2) is 0 Å². The standard InChI is InChI=1S/C14H20BrNO/c1-10-6-7-12(11(2)8-10)13(17)16(5)14(3,4)9-15/h6-8H,9H2,1-5H3. The molecule has 0 bridgehead atoms. The number of halogens is 1. The maximum atomic E-state index is 12.4. The summed E-state index contributed by atoms with van der Waals surface area (Å²) < 4.78 is 0. The van der Waals surface area contributed by atoms with Gasteiger partial charge in [0.1, 0.15) is 0 Å². The number of carbonyl (C=O) groups is 1. The first-order valence-electron chi connectivity index (χ1n) is 5.71. The van der Waals surface area contributed by atoms with E-state index in [0.29, 0.717) is 0 Å². The maximum absolute atomic E-state index is 12.4. The number of hydrogen-bond acceptors (Lipinski definition) is 1. The minimum Gasteiger partial charge on any atom is -0.336 e. The lowest BCUT2D eigenvalue weighted by atomic mass is 10.0. The number of aryl methyl sites for hydroxylation is 2. The number of rotatable bonds is 3. The predicted molar refractivity (Wildman–Crippen MR) is 75.9 cm³/mol. The molecule has 0 aliphatic rings. The predicted octanol–water partition coefficient (Wildman–Crippen LogP) is 3.55. The molecular weight excluding hydrogens is 278 g/mol. The van der Waals surface area contributed by atoms with Crippen LogP contribution in [0.5, 0.6) is 0 Å². The molecule has 1 aromatic carbocycles. The summed E-state index contributed by atoms with van der Waals surface area (Å²) in [7, 11) is 1.85. The number of hydrogen-bond donors (Lipinski definition) is 0. The zero-order valence-electron chi connectivity index (χ0n) is 11.2. The fraction of sp³-hybridized carbons (Fsp3) is 0.500. The topological polar surface area (TPSA) is 20.3 Å². The van der Waals surface area contributed by atoms with Crippen LogP contribution in [-0.2, 0) is 0 Å². The molecule has 1 rings (SSSR count). The van der Waals surface area contributed by atoms with Crippen LogP contribution >= 0.6 is 15.9 Å². The summed E-state index contributed by atoms with van der Waals surface area (Å²) in [5.74, 6) is 0.0759. The maximum Gasteiger partial charge on any atom is 0.254 e. The summed E-state index contributed by atoms with van der Waals surface area (Å²) in [6, 6.07) is 5.94. The van der Waals surface area contributed by atoms with Gasteiger partial charge in [0.2, 0.25) is 0 Å². The van der Waals surface area contributed by atoms with Gasteiger partial charge >= 0.3 is 0 Å². The molecule has 0 heterocycles. The van der Waals surface area contributed by atoms with E-state index in [0.717, 1.165) is 16.5 Å². The SMILES string of the molecule is Cc1ccc(C(=O)N(C)C(C)(C)CBr)c(C)c1. The van der Waals surface area contributed by atoms with Crippen LogP contribution in [0.15, 0.2) is 18.2 Å². The number of amides is 1. The van der Waals surface area contributed by atoms with Crippen LogP contribution in [0.1, 0.15) is 35.3 Å². The van der Waals surface area contributed by atoms with E-state index in [-0.39, 0.29) is 11.4 Å². The van der Waals surface area contributed by atoms with E-state index < -0.39 is 0 Å². The Morgan fingerprint density at radius 1 is 1.35 bits per heavy atom. The van der Waals surface area contributed by atoms with Gasteiger partial charge in [-0.05, 0) is 39.3 Å². The van der Waals surface area contributed by atoms with Crippen molar-refractivity contribution in [2.75, 3.05) is 12.4 Å². The molecule has 0 fully saturated rings. The van der Waals surface area contributed by atoms with Gasteiger partial charge in [0.05, 0.1) is 0 Å². The second kappa shape index (κ2) is 5.21. The van der Waals surface area contributed by atoms with Gasteiger partial charge in [-0.1, -0.05) is 33.6 Å². The van der Waals surface area contributed by atoms with Crippen molar-refractivity contribution < 1.29 is 4.79 Å². The van der Waals surface area contributed by atoms with Crippen molar-refractivity contribution >= 4 is 21.8 Å². The van der Waals surface area contributed by atoms with E-state index in [4.69, 9.17) is 0 Å². The van der Waals surface area contributed by atoms with Crippen molar-refractivity contribution in [3.05, 3.63) is 34.9 Å². The third-order valence-electron chi connectivity index (χ3n) is 3.15. The highest BCUT2D eigenvalue weighted by atomic mass is 79.9. The van der Waals surface area contributed by atoms with Gasteiger partial charge in [-0.3, -0.25) is 4.79 Å². The van der Waals surface area contributed by atoms with Crippen molar-refractivity contribution in [2.45, 2.75) is 33.2 Å². The molecular formula is C14H20BrNO. The van der Waals surface area contributed by atoms with Crippen molar-refractivity contribution in [3.8, 4) is 0 Å². The van der Waals surface area contributed by atoms with Crippen molar-refractivity contribution in [1.82, 2.24) is 4.90 Å². The summed E-state index contributed by atoms with van der Waals surface area (Å²) in [5.41, 5.74) is 2.81. The zero-order chi connectivity index (χ0) is 13.2. The highest BCUT2D eigenvalue weighted by molar-refractivity contribution is 9.09. The largest absolute Gasteiger partial charge is 0.336 e. The Hall–Kier alpha value is -0.830. The minimum absolute atomic E-state index is 0.0759. The van der Waals surface area contributed by atoms with Gasteiger partial charge in [0.25, 0.3) is 5.91 Å². The molecule has 3 heteroatoms. The van der Waals surface area contributed by atoms with Crippen LogP contribution in [0.2, 0.25) is 0 Å². The molecule has 1 amide bonds. The molecule has 17 heavy (non-hydrogen) atoms. The lowest BCUT2D eigenvalue weighted by Crippen LogP contribution is -2.46. The van der Waals surface area contributed by atoms with E-state index >= 15 is 0 Å². The molecule has 1 aromatic rings. The molecule has 0 aliphatic carbocycles. The van der Waals surface area contributed by atoms with Crippen LogP contribution in [-0.4, -0.2) is 28.7 Å². The first-order valence-corrected chi connectivity index (χ1v) is 6.83. The Morgan fingerprint density at radius 3 is 2.41 bits per heavy atom. The fourth-order valence-electron chi connectivity index (χ4n) is 1.60. The molecule has 0 aromatic heterocycles. The molecule has 0 aliphatic heterocycles. The highest BCUT2D eigenvalue weighted by Crippen LogP contribution is 2.20. The summed E-state index contributed by atoms with van der Waals surface area (Å²) in [6.07, 6.45) is 0. The van der Waals surface area contributed by atoms with Gasteiger partial charge in [0, 0.05) is 23.5 Å². The molecule has 94 valence electrons. The quantitative estimate of drug-likeness (QED) is 0.782. The van der Waals surface area contributed by atoms with Crippen LogP contribution in [0.4, 0.5) is 0 Å². The monoisotopic (exact) mass is 297 g/mol. The Balaban J connectivity index is 3.05. The van der Waals surface area contributed by atoms with Gasteiger partial charge < -0.3 is 4.90 Å². The van der Waals surface area contributed by atoms with Gasteiger partial charge in [-0.15, -0.1) is 0 Å². The third-order valence-corrected chi connectivity index (χ3v) is 4.52. The molecule has 0 saturated carbocycles. The summed E-state index contributed by atoms with van der Waals surface area (Å²) in [5, 5.41) is 0.757. The third kappa shape index (κ3) is 3.09. The lowest BCUT2D eigenvalue weighted by Gasteiger charge is -2.34. The van der Waals surface area contributed by atoms with Crippen molar-refractivity contribution in [2.24, 2.45) is 0 Å². The Morgan fingerprint density at radius 2 is 1.94 bits per heavy atom. The summed E-state index contributed by atoms with van der Waals surface area (Å²) in [6.45, 7) is 8.11. The van der Waals surface area contributed by atoms with Crippen LogP contribution in [0.25, 0.3) is 0 Å². The summed E-state index contributed by atoms with van der Waals surface area (Å²) >= 11 is 3.45. The van der Waals surface area contributed by atoms with E-state index in [9.17, 15) is 4.79 Å². The first kappa shape index (κ1) is 14.2. The van der Waals surface area contributed by atoms with Gasteiger partial charge in [-0.25, -0.2) is 0 Å². The average Bonchev–Trinajstić information content (AvgIpc) is 2.27. The molecule has 2 nitrogen and oxygen atoms in total. The Kier molecular flexibility index (Phi) is 4.36. The Bertz CT molecular complexity index is 426. The van der Waals surface area contributed by atoms with E-state index in [1.807, 2.05) is 52.9 Å². The number of nitrogens with zero attached hydrogens (tertiary/aromatic N) is 1.